The zero-order valence-electron chi connectivity index (χ0n) is 9.55. The Morgan fingerprint density at radius 3 is 2.94 bits per heavy atom. The molecule has 0 atom stereocenters. The lowest BCUT2D eigenvalue weighted by atomic mass is 10.4. The van der Waals surface area contributed by atoms with E-state index in [4.69, 9.17) is 5.73 Å². The highest BCUT2D eigenvalue weighted by atomic mass is 32.2. The first-order valence-corrected chi connectivity index (χ1v) is 6.19. The smallest absolute Gasteiger partial charge is 0.227 e. The summed E-state index contributed by atoms with van der Waals surface area (Å²) in [6, 6.07) is 0. The molecular formula is C9H15N5O2S. The van der Waals surface area contributed by atoms with E-state index >= 15 is 0 Å². The van der Waals surface area contributed by atoms with Crippen LogP contribution in [-0.4, -0.2) is 50.4 Å². The van der Waals surface area contributed by atoms with Gasteiger partial charge in [-0.05, 0) is 0 Å². The highest BCUT2D eigenvalue weighted by molar-refractivity contribution is 7.99. The first kappa shape index (κ1) is 13.5. The van der Waals surface area contributed by atoms with Crippen molar-refractivity contribution in [3.05, 3.63) is 12.2 Å². The molecule has 7 nitrogen and oxygen atoms in total. The van der Waals surface area contributed by atoms with Crippen molar-refractivity contribution in [1.82, 2.24) is 20.1 Å². The van der Waals surface area contributed by atoms with Crippen LogP contribution in [-0.2, 0) is 16.1 Å². The highest BCUT2D eigenvalue weighted by Gasteiger charge is 2.10. The zero-order chi connectivity index (χ0) is 12.7. The van der Waals surface area contributed by atoms with E-state index in [1.807, 2.05) is 0 Å². The van der Waals surface area contributed by atoms with Crippen LogP contribution >= 0.6 is 11.8 Å². The number of H-pyrrole nitrogens is 1. The van der Waals surface area contributed by atoms with Crippen molar-refractivity contribution in [3.8, 4) is 0 Å². The Hall–Kier alpha value is -1.57. The summed E-state index contributed by atoms with van der Waals surface area (Å²) < 4.78 is 0. The normalized spacial score (nSPS) is 10.2. The third-order valence-corrected chi connectivity index (χ3v) is 2.96. The highest BCUT2D eigenvalue weighted by Crippen LogP contribution is 2.04. The van der Waals surface area contributed by atoms with E-state index in [1.165, 1.54) is 18.1 Å². The minimum atomic E-state index is -0.363. The van der Waals surface area contributed by atoms with Crippen LogP contribution in [0.1, 0.15) is 12.2 Å². The van der Waals surface area contributed by atoms with Gasteiger partial charge in [0.1, 0.15) is 12.2 Å². The van der Waals surface area contributed by atoms with Crippen LogP contribution in [0.25, 0.3) is 0 Å². The Kier molecular flexibility index (Phi) is 5.47. The van der Waals surface area contributed by atoms with Gasteiger partial charge in [-0.1, -0.05) is 0 Å². The minimum Gasteiger partial charge on any atom is -0.369 e. The molecule has 0 aliphatic heterocycles. The number of aromatic nitrogens is 3. The van der Waals surface area contributed by atoms with E-state index in [0.29, 0.717) is 24.5 Å². The van der Waals surface area contributed by atoms with Gasteiger partial charge in [-0.15, -0.1) is 0 Å². The first-order chi connectivity index (χ1) is 8.09. The number of nitrogens with one attached hydrogen (secondary N) is 1. The number of thioether (sulfide) groups is 1. The SMILES string of the molecule is CN(Cc1ncn[nH]1)C(=O)CCSCC(N)=O. The number of nitrogens with two attached hydrogens (primary N) is 1. The lowest BCUT2D eigenvalue weighted by Gasteiger charge is -2.15. The molecule has 3 N–H and O–H groups in total. The lowest BCUT2D eigenvalue weighted by Crippen LogP contribution is -2.27. The number of nitrogens with zero attached hydrogens (tertiary/aromatic N) is 3. The van der Waals surface area contributed by atoms with Gasteiger partial charge in [0.05, 0.1) is 12.3 Å². The van der Waals surface area contributed by atoms with E-state index < -0.39 is 0 Å². The van der Waals surface area contributed by atoms with Gasteiger partial charge in [0.2, 0.25) is 11.8 Å². The number of carbonyl (C=O) groups is 2. The number of hydrogen-bond donors (Lipinski definition) is 2. The van der Waals surface area contributed by atoms with Crippen LogP contribution in [0.2, 0.25) is 0 Å². The van der Waals surface area contributed by atoms with E-state index in [2.05, 4.69) is 15.2 Å². The zero-order valence-corrected chi connectivity index (χ0v) is 10.4. The largest absolute Gasteiger partial charge is 0.369 e. The molecule has 0 saturated heterocycles. The van der Waals surface area contributed by atoms with Crippen molar-refractivity contribution in [3.63, 3.8) is 0 Å². The molecule has 1 rings (SSSR count). The molecule has 0 aromatic carbocycles. The van der Waals surface area contributed by atoms with Gasteiger partial charge in [-0.25, -0.2) is 4.98 Å². The minimum absolute atomic E-state index is 0.00151. The Labute approximate surface area is 103 Å². The molecule has 2 amide bonds. The van der Waals surface area contributed by atoms with E-state index in [0.717, 1.165) is 0 Å². The summed E-state index contributed by atoms with van der Waals surface area (Å²) in [7, 11) is 1.70. The topological polar surface area (TPSA) is 105 Å². The van der Waals surface area contributed by atoms with Crippen molar-refractivity contribution < 1.29 is 9.59 Å². The van der Waals surface area contributed by atoms with Crippen LogP contribution in [0.5, 0.6) is 0 Å². The molecule has 8 heteroatoms. The molecule has 0 aliphatic carbocycles. The van der Waals surface area contributed by atoms with E-state index in [9.17, 15) is 9.59 Å². The van der Waals surface area contributed by atoms with Gasteiger partial charge in [0.15, 0.2) is 0 Å². The summed E-state index contributed by atoms with van der Waals surface area (Å²) in [5.74, 6) is 1.11. The fourth-order valence-electron chi connectivity index (χ4n) is 1.14. The van der Waals surface area contributed by atoms with Crippen molar-refractivity contribution in [2.75, 3.05) is 18.6 Å². The van der Waals surface area contributed by atoms with Gasteiger partial charge in [0, 0.05) is 19.2 Å². The molecule has 0 bridgehead atoms. The van der Waals surface area contributed by atoms with Crippen LogP contribution in [0.4, 0.5) is 0 Å². The molecule has 0 saturated carbocycles. The molecule has 1 aromatic rings. The predicted molar refractivity (Wildman–Crippen MR) is 64.0 cm³/mol. The molecule has 0 aliphatic rings. The van der Waals surface area contributed by atoms with Crippen molar-refractivity contribution in [2.45, 2.75) is 13.0 Å². The number of primary amides is 1. The molecular weight excluding hydrogens is 242 g/mol. The number of aromatic amines is 1. The maximum atomic E-state index is 11.6. The van der Waals surface area contributed by atoms with Crippen molar-refractivity contribution in [1.29, 1.82) is 0 Å². The van der Waals surface area contributed by atoms with Gasteiger partial charge in [0.25, 0.3) is 0 Å². The first-order valence-electron chi connectivity index (χ1n) is 5.04. The lowest BCUT2D eigenvalue weighted by molar-refractivity contribution is -0.130. The number of rotatable bonds is 7. The third-order valence-electron chi connectivity index (χ3n) is 1.98. The van der Waals surface area contributed by atoms with Crippen LogP contribution < -0.4 is 5.73 Å². The molecule has 1 heterocycles. The van der Waals surface area contributed by atoms with Gasteiger partial charge in [-0.2, -0.15) is 16.9 Å². The van der Waals surface area contributed by atoms with E-state index in [-0.39, 0.29) is 17.6 Å². The summed E-state index contributed by atoms with van der Waals surface area (Å²) in [5.41, 5.74) is 4.99. The average Bonchev–Trinajstić information content (AvgIpc) is 2.76. The Bertz CT molecular complexity index is 367. The Balaban J connectivity index is 2.20. The monoisotopic (exact) mass is 257 g/mol. The predicted octanol–water partition coefficient (Wildman–Crippen LogP) is -0.628. The molecule has 94 valence electrons. The fourth-order valence-corrected chi connectivity index (χ4v) is 1.81. The third kappa shape index (κ3) is 5.34. The van der Waals surface area contributed by atoms with Crippen LogP contribution in [0, 0.1) is 0 Å². The second-order valence-corrected chi connectivity index (χ2v) is 4.56. The molecule has 1 aromatic heterocycles. The maximum absolute atomic E-state index is 11.6. The summed E-state index contributed by atoms with van der Waals surface area (Å²) in [5, 5.41) is 6.38. The number of carbonyl (C=O) groups excluding carboxylic acids is 2. The molecule has 0 fully saturated rings. The van der Waals surface area contributed by atoms with Crippen LogP contribution in [0.15, 0.2) is 6.33 Å². The summed E-state index contributed by atoms with van der Waals surface area (Å²) in [6.45, 7) is 0.402. The number of hydrogen-bond acceptors (Lipinski definition) is 5. The maximum Gasteiger partial charge on any atom is 0.227 e. The van der Waals surface area contributed by atoms with E-state index in [1.54, 1.807) is 11.9 Å². The quantitative estimate of drug-likeness (QED) is 0.633. The standard InChI is InChI=1S/C9H15N5O2S/c1-14(4-8-11-6-12-13-8)9(16)2-3-17-5-7(10)15/h6H,2-5H2,1H3,(H2,10,15)(H,11,12,13). The van der Waals surface area contributed by atoms with Crippen LogP contribution in [0.3, 0.4) is 0 Å². The second kappa shape index (κ2) is 6.89. The number of amides is 2. The van der Waals surface area contributed by atoms with Gasteiger partial charge >= 0.3 is 0 Å². The van der Waals surface area contributed by atoms with Gasteiger partial charge < -0.3 is 10.6 Å². The molecule has 0 unspecified atom stereocenters. The Morgan fingerprint density at radius 1 is 1.59 bits per heavy atom. The van der Waals surface area contributed by atoms with Gasteiger partial charge in [-0.3, -0.25) is 14.7 Å². The van der Waals surface area contributed by atoms with Crippen molar-refractivity contribution in [2.24, 2.45) is 5.73 Å². The summed E-state index contributed by atoms with van der Waals surface area (Å²) in [4.78, 5) is 27.6. The summed E-state index contributed by atoms with van der Waals surface area (Å²) in [6.07, 6.45) is 1.78. The fraction of sp³-hybridized carbons (Fsp3) is 0.556. The molecule has 17 heavy (non-hydrogen) atoms. The Morgan fingerprint density at radius 2 is 2.35 bits per heavy atom. The van der Waals surface area contributed by atoms with Crippen molar-refractivity contribution >= 4 is 23.6 Å². The molecule has 0 radical (unpaired) electrons. The second-order valence-electron chi connectivity index (χ2n) is 3.45. The average molecular weight is 257 g/mol. The summed E-state index contributed by atoms with van der Waals surface area (Å²) >= 11 is 1.36. The molecule has 0 spiro atoms.